The van der Waals surface area contributed by atoms with Crippen LogP contribution >= 0.6 is 24.0 Å². The molecule has 0 radical (unpaired) electrons. The van der Waals surface area contributed by atoms with Crippen LogP contribution in [0.25, 0.3) is 0 Å². The van der Waals surface area contributed by atoms with Gasteiger partial charge in [0.25, 0.3) is 0 Å². The molecule has 1 heterocycles. The molecule has 1 saturated heterocycles. The molecule has 1 saturated carbocycles. The van der Waals surface area contributed by atoms with Gasteiger partial charge in [-0.05, 0) is 73.7 Å². The Balaban J connectivity index is 0.00000484. The van der Waals surface area contributed by atoms with Crippen molar-refractivity contribution in [1.82, 2.24) is 16.0 Å². The van der Waals surface area contributed by atoms with Gasteiger partial charge < -0.3 is 27.4 Å². The van der Waals surface area contributed by atoms with Crippen LogP contribution < -0.4 is 27.4 Å². The van der Waals surface area contributed by atoms with Crippen LogP contribution in [0, 0.1) is 22.7 Å². The number of rotatable bonds is 11. The Morgan fingerprint density at radius 1 is 1.00 bits per heavy atom. The van der Waals surface area contributed by atoms with E-state index in [1.54, 1.807) is 24.3 Å². The zero-order valence-electron chi connectivity index (χ0n) is 23.8. The van der Waals surface area contributed by atoms with E-state index in [2.05, 4.69) is 16.0 Å². The molecule has 228 valence electrons. The second-order valence-corrected chi connectivity index (χ2v) is 11.8. The Morgan fingerprint density at radius 2 is 1.71 bits per heavy atom. The van der Waals surface area contributed by atoms with Crippen LogP contribution in [0.5, 0.6) is 0 Å². The minimum atomic E-state index is -0.630. The quantitative estimate of drug-likeness (QED) is 0.150. The standard InChI is InChI=1S/C31H42ClN7O2.ClH/c32-24-8-4-7-23(17-24)25(15-19-9-11-22(12-10-19)28(33)34)30(40)39-27(21-5-2-1-3-6-21)31(41)38-18-20-13-14-37-26(16-20)29(35)36;/h4,7-12,17,20-21,25-27,37H,1-3,5-6,13-16,18H2,(H3,33,34)(H3,35,36)(H,38,41)(H,39,40);1H/t20?,25?,26?,27-;/m0./s1. The Labute approximate surface area is 259 Å². The highest BCUT2D eigenvalue weighted by molar-refractivity contribution is 6.30. The largest absolute Gasteiger partial charge is 0.386 e. The molecular weight excluding hydrogens is 573 g/mol. The van der Waals surface area contributed by atoms with Gasteiger partial charge in [-0.15, -0.1) is 12.4 Å². The number of carbonyl (C=O) groups is 2. The van der Waals surface area contributed by atoms with Gasteiger partial charge in [0.15, 0.2) is 0 Å². The monoisotopic (exact) mass is 615 g/mol. The number of amides is 2. The number of benzene rings is 2. The highest BCUT2D eigenvalue weighted by atomic mass is 35.5. The average Bonchev–Trinajstić information content (AvgIpc) is 2.98. The molecule has 9 N–H and O–H groups in total. The van der Waals surface area contributed by atoms with E-state index in [9.17, 15) is 9.59 Å². The summed E-state index contributed by atoms with van der Waals surface area (Å²) in [6.07, 6.45) is 7.02. The zero-order valence-corrected chi connectivity index (χ0v) is 25.4. The predicted octanol–water partition coefficient (Wildman–Crippen LogP) is 3.86. The lowest BCUT2D eigenvalue weighted by Crippen LogP contribution is -2.54. The summed E-state index contributed by atoms with van der Waals surface area (Å²) < 4.78 is 0. The molecule has 0 bridgehead atoms. The van der Waals surface area contributed by atoms with E-state index < -0.39 is 12.0 Å². The SMILES string of the molecule is Cl.N=C(N)c1ccc(CC(C(=O)N[C@H](C(=O)NCC2CCNC(C(=N)N)C2)C2CCCCC2)c2cccc(Cl)c2)cc1. The lowest BCUT2D eigenvalue weighted by Gasteiger charge is -2.33. The molecule has 2 aromatic carbocycles. The number of hydrogen-bond donors (Lipinski definition) is 7. The number of halogens is 2. The molecule has 2 aromatic rings. The van der Waals surface area contributed by atoms with Gasteiger partial charge in [0, 0.05) is 17.1 Å². The number of amidine groups is 2. The topological polar surface area (TPSA) is 170 Å². The molecule has 2 aliphatic rings. The fraction of sp³-hybridized carbons (Fsp3) is 0.484. The molecule has 9 nitrogen and oxygen atoms in total. The summed E-state index contributed by atoms with van der Waals surface area (Å²) in [4.78, 5) is 27.6. The lowest BCUT2D eigenvalue weighted by atomic mass is 9.82. The first-order chi connectivity index (χ1) is 19.7. The number of nitrogens with two attached hydrogens (primary N) is 2. The van der Waals surface area contributed by atoms with Crippen LogP contribution in [0.4, 0.5) is 0 Å². The van der Waals surface area contributed by atoms with Crippen molar-refractivity contribution in [3.63, 3.8) is 0 Å². The van der Waals surface area contributed by atoms with E-state index in [0.717, 1.165) is 56.2 Å². The number of carbonyl (C=O) groups excluding carboxylic acids is 2. The summed E-state index contributed by atoms with van der Waals surface area (Å²) in [5, 5.41) is 25.5. The van der Waals surface area contributed by atoms with Crippen LogP contribution in [0.15, 0.2) is 48.5 Å². The van der Waals surface area contributed by atoms with Crippen LogP contribution in [0.3, 0.4) is 0 Å². The molecule has 3 unspecified atom stereocenters. The third-order valence-corrected chi connectivity index (χ3v) is 8.66. The van der Waals surface area contributed by atoms with Gasteiger partial charge in [0.2, 0.25) is 11.8 Å². The molecule has 0 aromatic heterocycles. The Morgan fingerprint density at radius 3 is 2.36 bits per heavy atom. The summed E-state index contributed by atoms with van der Waals surface area (Å²) >= 11 is 6.32. The molecular formula is C31H43Cl2N7O2. The highest BCUT2D eigenvalue weighted by Gasteiger charge is 2.34. The number of nitrogen functional groups attached to an aromatic ring is 1. The maximum absolute atomic E-state index is 14.0. The van der Waals surface area contributed by atoms with Crippen LogP contribution in [-0.2, 0) is 16.0 Å². The summed E-state index contributed by atoms with van der Waals surface area (Å²) in [5.74, 6) is -0.531. The number of piperidine rings is 1. The first kappa shape index (κ1) is 33.4. The molecule has 0 spiro atoms. The van der Waals surface area contributed by atoms with E-state index in [0.29, 0.717) is 30.0 Å². The summed E-state index contributed by atoms with van der Waals surface area (Å²) in [7, 11) is 0. The Bertz CT molecular complexity index is 1230. The van der Waals surface area contributed by atoms with Crippen molar-refractivity contribution in [1.29, 1.82) is 10.8 Å². The molecule has 1 aliphatic carbocycles. The molecule has 2 amide bonds. The van der Waals surface area contributed by atoms with Gasteiger partial charge in [-0.25, -0.2) is 0 Å². The maximum Gasteiger partial charge on any atom is 0.242 e. The molecule has 4 rings (SSSR count). The van der Waals surface area contributed by atoms with E-state index >= 15 is 0 Å². The third kappa shape index (κ3) is 9.18. The minimum absolute atomic E-state index is 0. The van der Waals surface area contributed by atoms with E-state index in [1.165, 1.54) is 0 Å². The zero-order chi connectivity index (χ0) is 29.4. The number of nitrogens with one attached hydrogen (secondary N) is 5. The first-order valence-electron chi connectivity index (χ1n) is 14.6. The first-order valence-corrected chi connectivity index (χ1v) is 14.9. The molecule has 4 atom stereocenters. The van der Waals surface area contributed by atoms with Crippen molar-refractivity contribution in [2.24, 2.45) is 23.3 Å². The number of hydrogen-bond acceptors (Lipinski definition) is 5. The third-order valence-electron chi connectivity index (χ3n) is 8.43. The van der Waals surface area contributed by atoms with Crippen molar-refractivity contribution >= 4 is 47.5 Å². The Hall–Kier alpha value is -3.14. The van der Waals surface area contributed by atoms with Crippen molar-refractivity contribution < 1.29 is 9.59 Å². The highest BCUT2D eigenvalue weighted by Crippen LogP contribution is 2.29. The summed E-state index contributed by atoms with van der Waals surface area (Å²) in [6.45, 7) is 1.24. The average molecular weight is 617 g/mol. The second-order valence-electron chi connectivity index (χ2n) is 11.4. The lowest BCUT2D eigenvalue weighted by molar-refractivity contribution is -0.131. The summed E-state index contributed by atoms with van der Waals surface area (Å²) in [6, 6.07) is 13.8. The molecule has 11 heteroatoms. The van der Waals surface area contributed by atoms with Crippen LogP contribution in [-0.4, -0.2) is 48.7 Å². The van der Waals surface area contributed by atoms with Crippen molar-refractivity contribution in [2.75, 3.05) is 13.1 Å². The van der Waals surface area contributed by atoms with Gasteiger partial charge in [0.05, 0.1) is 12.0 Å². The molecule has 1 aliphatic heterocycles. The van der Waals surface area contributed by atoms with Gasteiger partial charge in [-0.1, -0.05) is 67.3 Å². The van der Waals surface area contributed by atoms with Gasteiger partial charge >= 0.3 is 0 Å². The fourth-order valence-electron chi connectivity index (χ4n) is 6.03. The smallest absolute Gasteiger partial charge is 0.242 e. The van der Waals surface area contributed by atoms with Crippen molar-refractivity contribution in [3.05, 3.63) is 70.2 Å². The van der Waals surface area contributed by atoms with Crippen molar-refractivity contribution in [2.45, 2.75) is 69.4 Å². The maximum atomic E-state index is 14.0. The second kappa shape index (κ2) is 15.9. The van der Waals surface area contributed by atoms with Crippen molar-refractivity contribution in [3.8, 4) is 0 Å². The summed E-state index contributed by atoms with van der Waals surface area (Å²) in [5.41, 5.74) is 13.6. The Kier molecular flexibility index (Phi) is 12.6. The van der Waals surface area contributed by atoms with Gasteiger partial charge in [0.1, 0.15) is 17.7 Å². The van der Waals surface area contributed by atoms with Gasteiger partial charge in [-0.2, -0.15) is 0 Å². The van der Waals surface area contributed by atoms with Gasteiger partial charge in [-0.3, -0.25) is 20.4 Å². The minimum Gasteiger partial charge on any atom is -0.386 e. The van der Waals surface area contributed by atoms with E-state index in [4.69, 9.17) is 33.9 Å². The predicted molar refractivity (Wildman–Crippen MR) is 171 cm³/mol. The normalized spacial score (nSPS) is 20.4. The van der Waals surface area contributed by atoms with Crippen LogP contribution in [0.1, 0.15) is 67.6 Å². The molecule has 2 fully saturated rings. The van der Waals surface area contributed by atoms with E-state index in [-0.39, 0.29) is 53.8 Å². The fourth-order valence-corrected chi connectivity index (χ4v) is 6.23. The van der Waals surface area contributed by atoms with Crippen LogP contribution in [0.2, 0.25) is 5.02 Å². The van der Waals surface area contributed by atoms with E-state index in [1.807, 2.05) is 24.3 Å². The molecule has 42 heavy (non-hydrogen) atoms.